The summed E-state index contributed by atoms with van der Waals surface area (Å²) < 4.78 is 5.22. The van der Waals surface area contributed by atoms with Crippen LogP contribution >= 0.6 is 0 Å². The molecule has 0 fully saturated rings. The van der Waals surface area contributed by atoms with Gasteiger partial charge in [-0.1, -0.05) is 55.5 Å². The van der Waals surface area contributed by atoms with E-state index in [1.165, 1.54) is 17.9 Å². The van der Waals surface area contributed by atoms with E-state index >= 15 is 0 Å². The minimum absolute atomic E-state index is 0.0427. The van der Waals surface area contributed by atoms with E-state index in [1.54, 1.807) is 0 Å². The molecule has 1 heterocycles. The summed E-state index contributed by atoms with van der Waals surface area (Å²) in [7, 11) is 0. The van der Waals surface area contributed by atoms with Crippen molar-refractivity contribution in [1.82, 2.24) is 20.3 Å². The number of hydrogen-bond donors (Lipinski definition) is 1. The molecule has 1 N–H and O–H groups in total. The van der Waals surface area contributed by atoms with Crippen LogP contribution in [0.15, 0.2) is 66.9 Å². The number of amides is 1. The number of nitrogens with one attached hydrogen (secondary N) is 1. The van der Waals surface area contributed by atoms with Crippen LogP contribution in [-0.4, -0.2) is 39.5 Å². The summed E-state index contributed by atoms with van der Waals surface area (Å²) in [6, 6.07) is 19.1. The van der Waals surface area contributed by atoms with Crippen molar-refractivity contribution in [2.75, 3.05) is 6.54 Å². The lowest BCUT2D eigenvalue weighted by Crippen LogP contribution is -2.37. The van der Waals surface area contributed by atoms with Crippen molar-refractivity contribution in [3.05, 3.63) is 78.1 Å². The van der Waals surface area contributed by atoms with Gasteiger partial charge < -0.3 is 10.1 Å². The predicted molar refractivity (Wildman–Crippen MR) is 104 cm³/mol. The highest BCUT2D eigenvalue weighted by atomic mass is 16.5. The van der Waals surface area contributed by atoms with Gasteiger partial charge in [-0.05, 0) is 30.5 Å². The maximum Gasteiger partial charge on any atom is 0.361 e. The number of nitrogens with zero attached hydrogens (tertiary/aromatic N) is 3. The molecule has 3 aromatic rings. The average Bonchev–Trinajstić information content (AvgIpc) is 3.23. The number of esters is 1. The van der Waals surface area contributed by atoms with Crippen LogP contribution in [0.2, 0.25) is 0 Å². The van der Waals surface area contributed by atoms with Gasteiger partial charge in [0.2, 0.25) is 0 Å². The second kappa shape index (κ2) is 8.94. The lowest BCUT2D eigenvalue weighted by atomic mass is 10.0. The van der Waals surface area contributed by atoms with Gasteiger partial charge in [0.25, 0.3) is 5.91 Å². The third-order valence-electron chi connectivity index (χ3n) is 4.29. The minimum atomic E-state index is -0.933. The van der Waals surface area contributed by atoms with E-state index in [1.807, 2.05) is 67.6 Å². The summed E-state index contributed by atoms with van der Waals surface area (Å²) in [6.45, 7) is 4.01. The molecular weight excluding hydrogens is 356 g/mol. The Morgan fingerprint density at radius 1 is 1.04 bits per heavy atom. The van der Waals surface area contributed by atoms with E-state index in [0.29, 0.717) is 6.54 Å². The van der Waals surface area contributed by atoms with Crippen molar-refractivity contribution in [3.8, 4) is 5.69 Å². The molecule has 0 aliphatic rings. The van der Waals surface area contributed by atoms with Crippen LogP contribution in [0.3, 0.4) is 0 Å². The number of rotatable bonds is 7. The SMILES string of the molecule is C[C@@H](OC(=O)c1cnn(-c2ccccc2)n1)C(=O)NC[C@H](C)c1ccccc1. The van der Waals surface area contributed by atoms with Crippen molar-refractivity contribution in [1.29, 1.82) is 0 Å². The normalized spacial score (nSPS) is 12.8. The minimum Gasteiger partial charge on any atom is -0.448 e. The Bertz CT molecular complexity index is 925. The molecule has 1 aromatic heterocycles. The average molecular weight is 378 g/mol. The van der Waals surface area contributed by atoms with E-state index in [4.69, 9.17) is 4.74 Å². The molecule has 0 saturated carbocycles. The first-order chi connectivity index (χ1) is 13.5. The highest BCUT2D eigenvalue weighted by Crippen LogP contribution is 2.13. The quantitative estimate of drug-likeness (QED) is 0.639. The smallest absolute Gasteiger partial charge is 0.361 e. The third-order valence-corrected chi connectivity index (χ3v) is 4.29. The summed E-state index contributed by atoms with van der Waals surface area (Å²) in [5.41, 5.74) is 1.90. The van der Waals surface area contributed by atoms with E-state index in [-0.39, 0.29) is 17.5 Å². The van der Waals surface area contributed by atoms with Crippen molar-refractivity contribution < 1.29 is 14.3 Å². The maximum absolute atomic E-state index is 12.2. The summed E-state index contributed by atoms with van der Waals surface area (Å²) in [5, 5.41) is 11.0. The standard InChI is InChI=1S/C21H22N4O3/c1-15(17-9-5-3-6-10-17)13-22-20(26)16(2)28-21(27)19-14-23-25(24-19)18-11-7-4-8-12-18/h3-12,14-16H,13H2,1-2H3,(H,22,26)/t15-,16+/m0/s1. The van der Waals surface area contributed by atoms with Crippen LogP contribution in [0.1, 0.15) is 35.8 Å². The zero-order valence-electron chi connectivity index (χ0n) is 15.8. The second-order valence-corrected chi connectivity index (χ2v) is 6.46. The fourth-order valence-electron chi connectivity index (χ4n) is 2.61. The number of carbonyl (C=O) groups is 2. The summed E-state index contributed by atoms with van der Waals surface area (Å²) in [4.78, 5) is 25.8. The molecule has 7 heteroatoms. The number of carbonyl (C=O) groups excluding carboxylic acids is 2. The van der Waals surface area contributed by atoms with E-state index in [2.05, 4.69) is 15.5 Å². The first kappa shape index (κ1) is 19.3. The second-order valence-electron chi connectivity index (χ2n) is 6.46. The molecule has 0 spiro atoms. The van der Waals surface area contributed by atoms with Gasteiger partial charge in [0, 0.05) is 6.54 Å². The van der Waals surface area contributed by atoms with Gasteiger partial charge in [0.05, 0.1) is 11.9 Å². The molecule has 28 heavy (non-hydrogen) atoms. The van der Waals surface area contributed by atoms with Crippen LogP contribution < -0.4 is 5.32 Å². The molecule has 2 atom stereocenters. The highest BCUT2D eigenvalue weighted by molar-refractivity contribution is 5.90. The lowest BCUT2D eigenvalue weighted by Gasteiger charge is -2.16. The van der Waals surface area contributed by atoms with Crippen LogP contribution in [0.4, 0.5) is 0 Å². The van der Waals surface area contributed by atoms with Crippen LogP contribution in [0, 0.1) is 0 Å². The molecule has 0 unspecified atom stereocenters. The number of hydrogen-bond acceptors (Lipinski definition) is 5. The summed E-state index contributed by atoms with van der Waals surface area (Å²) >= 11 is 0. The van der Waals surface area contributed by atoms with Crippen molar-refractivity contribution in [2.45, 2.75) is 25.9 Å². The summed E-state index contributed by atoms with van der Waals surface area (Å²) in [6.07, 6.45) is 0.384. The molecule has 0 aliphatic heterocycles. The van der Waals surface area contributed by atoms with Crippen LogP contribution in [-0.2, 0) is 9.53 Å². The van der Waals surface area contributed by atoms with Gasteiger partial charge in [-0.25, -0.2) is 4.79 Å². The molecule has 2 aromatic carbocycles. The first-order valence-corrected chi connectivity index (χ1v) is 9.06. The van der Waals surface area contributed by atoms with Gasteiger partial charge in [-0.3, -0.25) is 4.79 Å². The zero-order chi connectivity index (χ0) is 19.9. The Kier molecular flexibility index (Phi) is 6.16. The lowest BCUT2D eigenvalue weighted by molar-refractivity contribution is -0.129. The Hall–Kier alpha value is -3.48. The molecule has 0 aliphatic carbocycles. The van der Waals surface area contributed by atoms with Gasteiger partial charge in [-0.15, -0.1) is 5.10 Å². The number of para-hydroxylation sites is 1. The van der Waals surface area contributed by atoms with E-state index in [0.717, 1.165) is 11.3 Å². The fourth-order valence-corrected chi connectivity index (χ4v) is 2.61. The monoisotopic (exact) mass is 378 g/mol. The molecule has 3 rings (SSSR count). The maximum atomic E-state index is 12.2. The molecule has 0 bridgehead atoms. The Labute approximate surface area is 163 Å². The largest absolute Gasteiger partial charge is 0.448 e. The first-order valence-electron chi connectivity index (χ1n) is 9.06. The highest BCUT2D eigenvalue weighted by Gasteiger charge is 2.21. The van der Waals surface area contributed by atoms with E-state index in [9.17, 15) is 9.59 Å². The predicted octanol–water partition coefficient (Wildman–Crippen LogP) is 2.73. The van der Waals surface area contributed by atoms with Crippen molar-refractivity contribution in [2.24, 2.45) is 0 Å². The van der Waals surface area contributed by atoms with Crippen molar-refractivity contribution in [3.63, 3.8) is 0 Å². The third kappa shape index (κ3) is 4.82. The Morgan fingerprint density at radius 3 is 2.36 bits per heavy atom. The Morgan fingerprint density at radius 2 is 1.68 bits per heavy atom. The van der Waals surface area contributed by atoms with Crippen LogP contribution in [0.25, 0.3) is 5.69 Å². The van der Waals surface area contributed by atoms with Crippen molar-refractivity contribution >= 4 is 11.9 Å². The zero-order valence-corrected chi connectivity index (χ0v) is 15.8. The van der Waals surface area contributed by atoms with Gasteiger partial charge >= 0.3 is 5.97 Å². The van der Waals surface area contributed by atoms with Gasteiger partial charge in [0.15, 0.2) is 11.8 Å². The molecule has 0 saturated heterocycles. The number of benzene rings is 2. The molecule has 1 amide bonds. The van der Waals surface area contributed by atoms with E-state index < -0.39 is 12.1 Å². The molecule has 144 valence electrons. The number of ether oxygens (including phenoxy) is 1. The summed E-state index contributed by atoms with van der Waals surface area (Å²) in [5.74, 6) is -0.897. The van der Waals surface area contributed by atoms with Gasteiger partial charge in [-0.2, -0.15) is 9.90 Å². The number of aromatic nitrogens is 3. The topological polar surface area (TPSA) is 86.1 Å². The molecule has 7 nitrogen and oxygen atoms in total. The van der Waals surface area contributed by atoms with Gasteiger partial charge in [0.1, 0.15) is 0 Å². The fraction of sp³-hybridized carbons (Fsp3) is 0.238. The molecular formula is C21H22N4O3. The van der Waals surface area contributed by atoms with Crippen LogP contribution in [0.5, 0.6) is 0 Å². The Balaban J connectivity index is 1.52. The molecule has 0 radical (unpaired) electrons.